The van der Waals surface area contributed by atoms with Crippen LogP contribution in [0.1, 0.15) is 13.8 Å². The Kier molecular flexibility index (Phi) is 3.36. The van der Waals surface area contributed by atoms with Crippen LogP contribution in [0.2, 0.25) is 5.02 Å². The molecule has 0 fully saturated rings. The Bertz CT molecular complexity index is 339. The molecule has 3 nitrogen and oxygen atoms in total. The molecular weight excluding hydrogens is 202 g/mol. The van der Waals surface area contributed by atoms with Gasteiger partial charge in [0, 0.05) is 16.8 Å². The molecule has 1 aromatic rings. The van der Waals surface area contributed by atoms with E-state index in [0.29, 0.717) is 10.7 Å². The molecule has 0 unspecified atom stereocenters. The first-order chi connectivity index (χ1) is 6.52. The predicted octanol–water partition coefficient (Wildman–Crippen LogP) is 1.90. The monoisotopic (exact) mass is 212 g/mol. The number of carboxylic acid groups (broad SMARTS) is 1. The predicted molar refractivity (Wildman–Crippen MR) is 54.5 cm³/mol. The molecule has 0 spiro atoms. The van der Waals surface area contributed by atoms with Crippen LogP contribution in [-0.4, -0.2) is 12.1 Å². The molecule has 0 aromatic heterocycles. The zero-order chi connectivity index (χ0) is 10.7. The van der Waals surface area contributed by atoms with Gasteiger partial charge in [0.2, 0.25) is 0 Å². The van der Waals surface area contributed by atoms with Gasteiger partial charge in [-0.05, 0) is 32.0 Å². The molecule has 14 heavy (non-hydrogen) atoms. The quantitative estimate of drug-likeness (QED) is 0.752. The maximum absolute atomic E-state index is 10.8. The van der Waals surface area contributed by atoms with Gasteiger partial charge in [0.05, 0.1) is 0 Å². The summed E-state index contributed by atoms with van der Waals surface area (Å²) in [6, 6.07) is 6.51. The van der Waals surface area contributed by atoms with Crippen molar-refractivity contribution < 1.29 is 9.90 Å². The van der Waals surface area contributed by atoms with E-state index in [1.807, 2.05) is 0 Å². The van der Waals surface area contributed by atoms with Gasteiger partial charge in [-0.2, -0.15) is 0 Å². The van der Waals surface area contributed by atoms with E-state index in [2.05, 4.69) is 0 Å². The van der Waals surface area contributed by atoms with Gasteiger partial charge >= 0.3 is 0 Å². The molecule has 1 rings (SSSR count). The number of nitrogens with zero attached hydrogens (tertiary/aromatic N) is 1. The highest BCUT2D eigenvalue weighted by Crippen LogP contribution is 2.20. The summed E-state index contributed by atoms with van der Waals surface area (Å²) in [5, 5.41) is 11.3. The van der Waals surface area contributed by atoms with Crippen molar-refractivity contribution in [2.45, 2.75) is 19.9 Å². The molecular formula is C10H11ClNO2-. The smallest absolute Gasteiger partial charge is 0.141 e. The molecule has 0 bridgehead atoms. The number of benzene rings is 1. The van der Waals surface area contributed by atoms with E-state index in [4.69, 9.17) is 11.6 Å². The number of carbonyl (C=O) groups is 1. The van der Waals surface area contributed by atoms with E-state index in [1.54, 1.807) is 38.1 Å². The van der Waals surface area contributed by atoms with Crippen LogP contribution in [0.25, 0.3) is 0 Å². The lowest BCUT2D eigenvalue weighted by atomic mass is 10.2. The summed E-state index contributed by atoms with van der Waals surface area (Å²) in [6.45, 7) is 3.55. The molecule has 0 atom stereocenters. The van der Waals surface area contributed by atoms with Crippen molar-refractivity contribution in [3.63, 3.8) is 0 Å². The Balaban J connectivity index is 3.05. The highest BCUT2D eigenvalue weighted by molar-refractivity contribution is 6.30. The van der Waals surface area contributed by atoms with Crippen molar-refractivity contribution in [2.75, 3.05) is 4.90 Å². The molecule has 0 N–H and O–H groups in total. The maximum atomic E-state index is 10.8. The van der Waals surface area contributed by atoms with Crippen molar-refractivity contribution in [2.24, 2.45) is 0 Å². The minimum Gasteiger partial charge on any atom is -0.530 e. The Morgan fingerprint density at radius 3 is 2.57 bits per heavy atom. The molecule has 0 saturated heterocycles. The Morgan fingerprint density at radius 2 is 2.14 bits per heavy atom. The van der Waals surface area contributed by atoms with Crippen LogP contribution in [0, 0.1) is 0 Å². The molecule has 0 saturated carbocycles. The third-order valence-corrected chi connectivity index (χ3v) is 2.03. The summed E-state index contributed by atoms with van der Waals surface area (Å²) in [6.07, 6.45) is -1.22. The first-order valence-corrected chi connectivity index (χ1v) is 4.66. The van der Waals surface area contributed by atoms with Gasteiger partial charge in [0.25, 0.3) is 0 Å². The van der Waals surface area contributed by atoms with Crippen molar-refractivity contribution in [3.8, 4) is 0 Å². The molecule has 0 aliphatic heterocycles. The van der Waals surface area contributed by atoms with E-state index in [9.17, 15) is 9.90 Å². The van der Waals surface area contributed by atoms with Crippen molar-refractivity contribution >= 4 is 23.4 Å². The lowest BCUT2D eigenvalue weighted by molar-refractivity contribution is -0.247. The first-order valence-electron chi connectivity index (χ1n) is 4.28. The number of hydrogen-bond donors (Lipinski definition) is 0. The maximum Gasteiger partial charge on any atom is 0.141 e. The standard InChI is InChI=1S/C10H12ClNO2/c1-7(2)12(10(13)14)9-5-3-4-8(11)6-9/h3-7H,1-2H3,(H,13,14)/p-1. The Labute approximate surface area is 87.9 Å². The fourth-order valence-corrected chi connectivity index (χ4v) is 1.42. The van der Waals surface area contributed by atoms with E-state index in [0.717, 1.165) is 4.90 Å². The molecule has 0 heterocycles. The molecule has 0 aliphatic carbocycles. The largest absolute Gasteiger partial charge is 0.530 e. The van der Waals surface area contributed by atoms with Crippen LogP contribution in [0.5, 0.6) is 0 Å². The Morgan fingerprint density at radius 1 is 1.50 bits per heavy atom. The van der Waals surface area contributed by atoms with Gasteiger partial charge in [-0.25, -0.2) is 0 Å². The second-order valence-corrected chi connectivity index (χ2v) is 3.65. The second kappa shape index (κ2) is 4.33. The van der Waals surface area contributed by atoms with Crippen molar-refractivity contribution in [1.29, 1.82) is 0 Å². The van der Waals surface area contributed by atoms with Gasteiger partial charge in [-0.15, -0.1) is 0 Å². The third kappa shape index (κ3) is 2.39. The summed E-state index contributed by atoms with van der Waals surface area (Å²) < 4.78 is 0. The molecule has 1 amide bonds. The fourth-order valence-electron chi connectivity index (χ4n) is 1.24. The molecule has 0 aliphatic rings. The zero-order valence-electron chi connectivity index (χ0n) is 8.03. The van der Waals surface area contributed by atoms with Crippen molar-refractivity contribution in [3.05, 3.63) is 29.3 Å². The average Bonchev–Trinajstić information content (AvgIpc) is 2.02. The topological polar surface area (TPSA) is 43.4 Å². The SMILES string of the molecule is CC(C)N(C(=O)[O-])c1cccc(Cl)c1. The summed E-state index contributed by atoms with van der Waals surface area (Å²) in [4.78, 5) is 12.0. The van der Waals surface area contributed by atoms with Crippen LogP contribution in [0.15, 0.2) is 24.3 Å². The van der Waals surface area contributed by atoms with E-state index in [-0.39, 0.29) is 6.04 Å². The van der Waals surface area contributed by atoms with E-state index >= 15 is 0 Å². The average molecular weight is 213 g/mol. The minimum absolute atomic E-state index is 0.168. The van der Waals surface area contributed by atoms with Crippen LogP contribution in [-0.2, 0) is 0 Å². The fraction of sp³-hybridized carbons (Fsp3) is 0.300. The number of rotatable bonds is 2. The minimum atomic E-state index is -1.22. The number of amides is 1. The zero-order valence-corrected chi connectivity index (χ0v) is 8.78. The normalized spacial score (nSPS) is 10.3. The summed E-state index contributed by atoms with van der Waals surface area (Å²) in [5.41, 5.74) is 0.535. The van der Waals surface area contributed by atoms with Gasteiger partial charge in [0.1, 0.15) is 6.09 Å². The second-order valence-electron chi connectivity index (χ2n) is 3.21. The van der Waals surface area contributed by atoms with Gasteiger partial charge in [-0.3, -0.25) is 0 Å². The lowest BCUT2D eigenvalue weighted by Crippen LogP contribution is -2.45. The number of anilines is 1. The number of halogens is 1. The molecule has 76 valence electrons. The van der Waals surface area contributed by atoms with E-state index < -0.39 is 6.09 Å². The molecule has 4 heteroatoms. The van der Waals surface area contributed by atoms with Crippen molar-refractivity contribution in [1.82, 2.24) is 0 Å². The van der Waals surface area contributed by atoms with Gasteiger partial charge in [-0.1, -0.05) is 17.7 Å². The highest BCUT2D eigenvalue weighted by Gasteiger charge is 2.11. The van der Waals surface area contributed by atoms with E-state index in [1.165, 1.54) is 0 Å². The molecule has 1 aromatic carbocycles. The van der Waals surface area contributed by atoms with Crippen LogP contribution in [0.3, 0.4) is 0 Å². The van der Waals surface area contributed by atoms with Gasteiger partial charge < -0.3 is 14.8 Å². The highest BCUT2D eigenvalue weighted by atomic mass is 35.5. The first kappa shape index (κ1) is 10.9. The van der Waals surface area contributed by atoms with Crippen LogP contribution in [0.4, 0.5) is 10.5 Å². The summed E-state index contributed by atoms with van der Waals surface area (Å²) in [7, 11) is 0. The van der Waals surface area contributed by atoms with Gasteiger partial charge in [0.15, 0.2) is 0 Å². The molecule has 0 radical (unpaired) electrons. The third-order valence-electron chi connectivity index (χ3n) is 1.80. The summed E-state index contributed by atoms with van der Waals surface area (Å²) >= 11 is 5.76. The number of carbonyl (C=O) groups excluding carboxylic acids is 1. The van der Waals surface area contributed by atoms with Crippen LogP contribution >= 0.6 is 11.6 Å². The summed E-state index contributed by atoms with van der Waals surface area (Å²) in [5.74, 6) is 0. The Hall–Kier alpha value is -1.22. The van der Waals surface area contributed by atoms with Crippen LogP contribution < -0.4 is 10.0 Å². The lowest BCUT2D eigenvalue weighted by Gasteiger charge is -2.29. The number of hydrogen-bond acceptors (Lipinski definition) is 2.